The SMILES string of the molecule is CCCCOc1ccc(OCCCC)c(N2CCOC(=[N+]=[N-])C2)c1.O=S(=O)([O-])[O-].[Zn+2]. The number of morpholine rings is 1. The van der Waals surface area contributed by atoms with Crippen LogP contribution in [0.2, 0.25) is 0 Å². The van der Waals surface area contributed by atoms with Crippen LogP contribution >= 0.6 is 0 Å². The second kappa shape index (κ2) is 15.1. The molecule has 12 heteroatoms. The van der Waals surface area contributed by atoms with E-state index in [1.165, 1.54) is 0 Å². The van der Waals surface area contributed by atoms with Crippen molar-refractivity contribution >= 4 is 22.0 Å². The molecule has 0 unspecified atom stereocenters. The smallest absolute Gasteiger partial charge is 0.759 e. The summed E-state index contributed by atoms with van der Waals surface area (Å²) in [6, 6.07) is 5.90. The maximum Gasteiger partial charge on any atom is 2.00 e. The van der Waals surface area contributed by atoms with Crippen LogP contribution < -0.4 is 14.4 Å². The van der Waals surface area contributed by atoms with E-state index in [-0.39, 0.29) is 19.5 Å². The third-order valence-corrected chi connectivity index (χ3v) is 3.86. The Morgan fingerprint density at radius 2 is 1.77 bits per heavy atom. The van der Waals surface area contributed by atoms with Crippen molar-refractivity contribution in [2.75, 3.05) is 37.8 Å². The summed E-state index contributed by atoms with van der Waals surface area (Å²) in [5, 5.41) is 0. The van der Waals surface area contributed by atoms with Crippen LogP contribution in [0.25, 0.3) is 5.53 Å². The van der Waals surface area contributed by atoms with Crippen LogP contribution in [0.4, 0.5) is 5.69 Å². The van der Waals surface area contributed by atoms with Gasteiger partial charge in [-0.1, -0.05) is 26.7 Å². The van der Waals surface area contributed by atoms with Gasteiger partial charge in [0.2, 0.25) is 0 Å². The quantitative estimate of drug-likeness (QED) is 0.127. The number of ether oxygens (including phenoxy) is 3. The van der Waals surface area contributed by atoms with Crippen molar-refractivity contribution in [2.45, 2.75) is 39.5 Å². The first-order valence-corrected chi connectivity index (χ1v) is 10.8. The van der Waals surface area contributed by atoms with Crippen LogP contribution in [0.5, 0.6) is 11.5 Å². The normalized spacial score (nSPS) is 13.2. The zero-order chi connectivity index (χ0) is 21.7. The molecule has 0 aromatic heterocycles. The van der Waals surface area contributed by atoms with Crippen LogP contribution in [0.1, 0.15) is 39.5 Å². The Hall–Kier alpha value is -1.71. The largest absolute Gasteiger partial charge is 2.00 e. The van der Waals surface area contributed by atoms with Gasteiger partial charge in [0.05, 0.1) is 25.4 Å². The predicted octanol–water partition coefficient (Wildman–Crippen LogP) is 2.17. The Balaban J connectivity index is 0.00000125. The summed E-state index contributed by atoms with van der Waals surface area (Å²) in [6.45, 7) is 7.28. The van der Waals surface area contributed by atoms with E-state index >= 15 is 0 Å². The minimum atomic E-state index is -5.17. The summed E-state index contributed by atoms with van der Waals surface area (Å²) >= 11 is 0. The van der Waals surface area contributed by atoms with Crippen molar-refractivity contribution in [2.24, 2.45) is 0 Å². The first kappa shape index (κ1) is 28.3. The van der Waals surface area contributed by atoms with Crippen molar-refractivity contribution in [1.82, 2.24) is 0 Å². The summed E-state index contributed by atoms with van der Waals surface area (Å²) in [7, 11) is -5.17. The van der Waals surface area contributed by atoms with E-state index in [1.54, 1.807) is 0 Å². The minimum Gasteiger partial charge on any atom is -0.759 e. The zero-order valence-corrected chi connectivity index (χ0v) is 21.2. The van der Waals surface area contributed by atoms with Gasteiger partial charge in [-0.05, 0) is 25.0 Å². The van der Waals surface area contributed by atoms with Crippen molar-refractivity contribution in [3.8, 4) is 11.5 Å². The van der Waals surface area contributed by atoms with Gasteiger partial charge in [-0.25, -0.2) is 0 Å². The van der Waals surface area contributed by atoms with E-state index in [1.807, 2.05) is 18.2 Å². The van der Waals surface area contributed by atoms with Crippen LogP contribution in [0.15, 0.2) is 18.2 Å². The molecule has 1 aromatic rings. The van der Waals surface area contributed by atoms with E-state index in [0.717, 1.165) is 42.9 Å². The standard InChI is InChI=1S/C18H27N3O3.H2O4S.Zn/c1-3-5-10-22-15-7-8-17(23-11-6-4-2)16(13-15)21-9-12-24-18(14-21)20-19;1-5(2,3)4;/h7-8,13H,3-6,9-12,14H2,1-2H3;(H2,1,2,3,4);/q;;+2/p-2. The number of hydrogen-bond acceptors (Lipinski definition) is 8. The van der Waals surface area contributed by atoms with E-state index in [2.05, 4.69) is 23.5 Å². The van der Waals surface area contributed by atoms with Gasteiger partial charge in [0.25, 0.3) is 0 Å². The number of unbranched alkanes of at least 4 members (excludes halogenated alkanes) is 2. The van der Waals surface area contributed by atoms with Gasteiger partial charge in [-0.2, -0.15) is 0 Å². The van der Waals surface area contributed by atoms with Crippen LogP contribution in [0, 0.1) is 0 Å². The molecule has 1 aliphatic heterocycles. The maximum absolute atomic E-state index is 8.98. The molecule has 0 bridgehead atoms. The molecule has 0 aliphatic carbocycles. The first-order chi connectivity index (χ1) is 13.8. The second-order valence-corrected chi connectivity index (χ2v) is 7.02. The summed E-state index contributed by atoms with van der Waals surface area (Å²) in [4.78, 5) is 5.28. The molecule has 2 rings (SSSR count). The molecule has 1 aliphatic rings. The summed E-state index contributed by atoms with van der Waals surface area (Å²) in [5.41, 5.74) is 9.93. The molecule has 10 nitrogen and oxygen atoms in total. The molecule has 30 heavy (non-hydrogen) atoms. The maximum atomic E-state index is 8.98. The first-order valence-electron chi connectivity index (χ1n) is 9.43. The van der Waals surface area contributed by atoms with Crippen LogP contribution in [-0.2, 0) is 34.6 Å². The van der Waals surface area contributed by atoms with Gasteiger partial charge in [-0.3, -0.25) is 8.42 Å². The predicted molar refractivity (Wildman–Crippen MR) is 105 cm³/mol. The molecule has 1 saturated heterocycles. The number of nitrogens with zero attached hydrogens (tertiary/aromatic N) is 3. The molecule has 1 aromatic carbocycles. The molecule has 0 saturated carbocycles. The topological polar surface area (TPSA) is 148 Å². The van der Waals surface area contributed by atoms with E-state index in [4.69, 9.17) is 37.3 Å². The monoisotopic (exact) mass is 493 g/mol. The third kappa shape index (κ3) is 12.1. The van der Waals surface area contributed by atoms with Crippen molar-refractivity contribution in [3.63, 3.8) is 0 Å². The van der Waals surface area contributed by atoms with Gasteiger partial charge in [0.1, 0.15) is 18.1 Å². The number of benzene rings is 1. The molecular formula is C18H27N3O7SZn. The van der Waals surface area contributed by atoms with Gasteiger partial charge in [-0.15, -0.1) is 4.79 Å². The van der Waals surface area contributed by atoms with Gasteiger partial charge in [0.15, 0.2) is 6.54 Å². The van der Waals surface area contributed by atoms with E-state index < -0.39 is 10.4 Å². The van der Waals surface area contributed by atoms with Crippen molar-refractivity contribution in [1.29, 1.82) is 0 Å². The average molecular weight is 495 g/mol. The third-order valence-electron chi connectivity index (χ3n) is 3.86. The Labute approximate surface area is 190 Å². The number of anilines is 1. The second-order valence-electron chi connectivity index (χ2n) is 6.21. The fourth-order valence-electron chi connectivity index (χ4n) is 2.44. The molecule has 0 atom stereocenters. The van der Waals surface area contributed by atoms with Gasteiger partial charge < -0.3 is 33.7 Å². The van der Waals surface area contributed by atoms with Gasteiger partial charge in [0, 0.05) is 16.5 Å². The Morgan fingerprint density at radius 1 is 1.17 bits per heavy atom. The van der Waals surface area contributed by atoms with Crippen molar-refractivity contribution in [3.05, 3.63) is 23.7 Å². The Kier molecular flexibility index (Phi) is 14.3. The molecule has 0 radical (unpaired) electrons. The average Bonchev–Trinajstić information content (AvgIpc) is 2.68. The zero-order valence-electron chi connectivity index (χ0n) is 17.4. The van der Waals surface area contributed by atoms with E-state index in [9.17, 15) is 0 Å². The molecule has 1 heterocycles. The summed E-state index contributed by atoms with van der Waals surface area (Å²) in [6.07, 6.45) is 4.24. The Bertz CT molecular complexity index is 778. The van der Waals surface area contributed by atoms with E-state index in [0.29, 0.717) is 38.8 Å². The molecular weight excluding hydrogens is 468 g/mol. The molecule has 1 fully saturated rings. The van der Waals surface area contributed by atoms with Crippen molar-refractivity contribution < 1.29 is 56.0 Å². The molecule has 0 amide bonds. The minimum absolute atomic E-state index is 0. The molecule has 0 spiro atoms. The summed E-state index contributed by atoms with van der Waals surface area (Å²) in [5.74, 6) is 1.97. The fourth-order valence-corrected chi connectivity index (χ4v) is 2.44. The van der Waals surface area contributed by atoms with Crippen LogP contribution in [0.3, 0.4) is 0 Å². The summed E-state index contributed by atoms with van der Waals surface area (Å²) < 4.78 is 51.2. The molecule has 0 N–H and O–H groups in total. The molecule has 164 valence electrons. The fraction of sp³-hybridized carbons (Fsp3) is 0.611. The van der Waals surface area contributed by atoms with Gasteiger partial charge >= 0.3 is 25.4 Å². The number of hydrogen-bond donors (Lipinski definition) is 0. The van der Waals surface area contributed by atoms with Crippen LogP contribution in [-0.4, -0.2) is 61.1 Å². The Morgan fingerprint density at radius 3 is 2.33 bits per heavy atom. The number of rotatable bonds is 9.